The van der Waals surface area contributed by atoms with Gasteiger partial charge in [-0.3, -0.25) is 9.78 Å². The maximum Gasteiger partial charge on any atom is 0.247 e. The lowest BCUT2D eigenvalue weighted by molar-refractivity contribution is -0.111. The third-order valence-electron chi connectivity index (χ3n) is 3.00. The van der Waals surface area contributed by atoms with E-state index in [2.05, 4.69) is 16.9 Å². The monoisotopic (exact) mass is 280 g/mol. The van der Waals surface area contributed by atoms with E-state index in [1.54, 1.807) is 17.5 Å². The summed E-state index contributed by atoms with van der Waals surface area (Å²) in [6.45, 7) is 3.50. The fraction of sp³-hybridized carbons (Fsp3) is 0. The van der Waals surface area contributed by atoms with Gasteiger partial charge in [0.1, 0.15) is 0 Å². The summed E-state index contributed by atoms with van der Waals surface area (Å²) in [5.74, 6) is -0.223. The molecule has 4 heteroatoms. The van der Waals surface area contributed by atoms with Crippen LogP contribution >= 0.6 is 11.3 Å². The normalized spacial score (nSPS) is 10.4. The molecule has 20 heavy (non-hydrogen) atoms. The van der Waals surface area contributed by atoms with Gasteiger partial charge in [0, 0.05) is 22.0 Å². The number of carbonyl (C=O) groups excluding carboxylic acids is 1. The van der Waals surface area contributed by atoms with E-state index in [1.165, 1.54) is 6.08 Å². The molecule has 0 aliphatic rings. The van der Waals surface area contributed by atoms with E-state index in [4.69, 9.17) is 0 Å². The molecule has 2 heterocycles. The number of hydrogen-bond donors (Lipinski definition) is 1. The largest absolute Gasteiger partial charge is 0.321 e. The molecule has 3 rings (SSSR count). The highest BCUT2D eigenvalue weighted by atomic mass is 32.1. The van der Waals surface area contributed by atoms with Crippen molar-refractivity contribution in [1.82, 2.24) is 4.98 Å². The quantitative estimate of drug-likeness (QED) is 0.734. The summed E-state index contributed by atoms with van der Waals surface area (Å²) in [4.78, 5) is 17.2. The fourth-order valence-electron chi connectivity index (χ4n) is 2.07. The summed E-state index contributed by atoms with van der Waals surface area (Å²) in [6, 6.07) is 11.7. The van der Waals surface area contributed by atoms with Crippen LogP contribution in [0.3, 0.4) is 0 Å². The van der Waals surface area contributed by atoms with Crippen LogP contribution < -0.4 is 5.32 Å². The van der Waals surface area contributed by atoms with Crippen molar-refractivity contribution in [2.45, 2.75) is 0 Å². The zero-order chi connectivity index (χ0) is 13.9. The summed E-state index contributed by atoms with van der Waals surface area (Å²) in [5.41, 5.74) is 2.56. The minimum Gasteiger partial charge on any atom is -0.321 e. The first-order chi connectivity index (χ1) is 9.79. The SMILES string of the molecule is C=CC(=O)Nc1c(-c2cccs2)cnc2ccccc12. The van der Waals surface area contributed by atoms with Crippen molar-refractivity contribution in [2.24, 2.45) is 0 Å². The summed E-state index contributed by atoms with van der Waals surface area (Å²) >= 11 is 1.62. The van der Waals surface area contributed by atoms with Crippen molar-refractivity contribution < 1.29 is 4.79 Å². The van der Waals surface area contributed by atoms with Crippen molar-refractivity contribution >= 4 is 33.8 Å². The second kappa shape index (κ2) is 5.27. The lowest BCUT2D eigenvalue weighted by Crippen LogP contribution is -2.09. The molecule has 0 spiro atoms. The predicted molar refractivity (Wildman–Crippen MR) is 83.9 cm³/mol. The Kier molecular flexibility index (Phi) is 3.31. The van der Waals surface area contributed by atoms with Gasteiger partial charge in [0.05, 0.1) is 11.2 Å². The third-order valence-corrected chi connectivity index (χ3v) is 3.90. The van der Waals surface area contributed by atoms with Gasteiger partial charge >= 0.3 is 0 Å². The fourth-order valence-corrected chi connectivity index (χ4v) is 2.81. The smallest absolute Gasteiger partial charge is 0.247 e. The minimum atomic E-state index is -0.223. The number of benzene rings is 1. The molecule has 1 N–H and O–H groups in total. The van der Waals surface area contributed by atoms with E-state index in [1.807, 2.05) is 41.8 Å². The standard InChI is InChI=1S/C16H12N2OS/c1-2-15(19)18-16-11-6-3-4-7-13(11)17-10-12(16)14-8-5-9-20-14/h2-10H,1H2,(H,17,18,19). The van der Waals surface area contributed by atoms with Gasteiger partial charge in [-0.15, -0.1) is 11.3 Å². The molecule has 3 nitrogen and oxygen atoms in total. The topological polar surface area (TPSA) is 42.0 Å². The van der Waals surface area contributed by atoms with Gasteiger partial charge in [-0.05, 0) is 23.6 Å². The molecule has 0 saturated heterocycles. The first kappa shape index (κ1) is 12.6. The summed E-state index contributed by atoms with van der Waals surface area (Å²) in [7, 11) is 0. The van der Waals surface area contributed by atoms with Crippen LogP contribution in [0.25, 0.3) is 21.3 Å². The summed E-state index contributed by atoms with van der Waals surface area (Å²) in [5, 5.41) is 5.83. The number of aromatic nitrogens is 1. The number of nitrogens with zero attached hydrogens (tertiary/aromatic N) is 1. The van der Waals surface area contributed by atoms with Crippen LogP contribution in [-0.4, -0.2) is 10.9 Å². The zero-order valence-electron chi connectivity index (χ0n) is 10.7. The van der Waals surface area contributed by atoms with Gasteiger partial charge in [-0.2, -0.15) is 0 Å². The third kappa shape index (κ3) is 2.21. The number of hydrogen-bond acceptors (Lipinski definition) is 3. The Morgan fingerprint density at radius 3 is 2.85 bits per heavy atom. The van der Waals surface area contributed by atoms with Crippen LogP contribution in [0.15, 0.2) is 60.6 Å². The highest BCUT2D eigenvalue weighted by Gasteiger charge is 2.12. The Balaban J connectivity index is 2.26. The van der Waals surface area contributed by atoms with Gasteiger partial charge in [0.2, 0.25) is 5.91 Å². The van der Waals surface area contributed by atoms with Crippen LogP contribution in [0.4, 0.5) is 5.69 Å². The molecule has 98 valence electrons. The number of carbonyl (C=O) groups is 1. The molecule has 2 aromatic heterocycles. The van der Waals surface area contributed by atoms with Crippen LogP contribution in [0, 0.1) is 0 Å². The Bertz CT molecular complexity index is 778. The number of thiophene rings is 1. The van der Waals surface area contributed by atoms with Crippen LogP contribution in [0.1, 0.15) is 0 Å². The number of amides is 1. The first-order valence-electron chi connectivity index (χ1n) is 6.14. The van der Waals surface area contributed by atoms with Crippen LogP contribution in [0.2, 0.25) is 0 Å². The van der Waals surface area contributed by atoms with E-state index in [0.717, 1.165) is 27.0 Å². The lowest BCUT2D eigenvalue weighted by Gasteiger charge is -2.11. The molecular weight excluding hydrogens is 268 g/mol. The molecular formula is C16H12N2OS. The van der Waals surface area contributed by atoms with Gasteiger partial charge in [-0.25, -0.2) is 0 Å². The molecule has 3 aromatic rings. The summed E-state index contributed by atoms with van der Waals surface area (Å²) in [6.07, 6.45) is 3.07. The number of nitrogens with one attached hydrogen (secondary N) is 1. The van der Waals surface area contributed by atoms with E-state index in [0.29, 0.717) is 0 Å². The highest BCUT2D eigenvalue weighted by Crippen LogP contribution is 2.35. The lowest BCUT2D eigenvalue weighted by atomic mass is 10.1. The summed E-state index contributed by atoms with van der Waals surface area (Å²) < 4.78 is 0. The molecule has 0 unspecified atom stereocenters. The number of anilines is 1. The Morgan fingerprint density at radius 2 is 2.10 bits per heavy atom. The van der Waals surface area contributed by atoms with Crippen molar-refractivity contribution in [3.05, 3.63) is 60.6 Å². The molecule has 0 aliphatic carbocycles. The number of pyridine rings is 1. The van der Waals surface area contributed by atoms with Crippen LogP contribution in [-0.2, 0) is 4.79 Å². The van der Waals surface area contributed by atoms with E-state index in [-0.39, 0.29) is 5.91 Å². The average molecular weight is 280 g/mol. The first-order valence-corrected chi connectivity index (χ1v) is 7.02. The minimum absolute atomic E-state index is 0.223. The van der Waals surface area contributed by atoms with Crippen molar-refractivity contribution in [2.75, 3.05) is 5.32 Å². The number of fused-ring (bicyclic) bond motifs is 1. The van der Waals surface area contributed by atoms with E-state index in [9.17, 15) is 4.79 Å². The Hall–Kier alpha value is -2.46. The molecule has 0 saturated carbocycles. The van der Waals surface area contributed by atoms with Gasteiger partial charge < -0.3 is 5.32 Å². The zero-order valence-corrected chi connectivity index (χ0v) is 11.5. The second-order valence-electron chi connectivity index (χ2n) is 4.23. The van der Waals surface area contributed by atoms with Crippen molar-refractivity contribution in [3.63, 3.8) is 0 Å². The Morgan fingerprint density at radius 1 is 1.25 bits per heavy atom. The molecule has 0 bridgehead atoms. The molecule has 0 atom stereocenters. The van der Waals surface area contributed by atoms with E-state index >= 15 is 0 Å². The highest BCUT2D eigenvalue weighted by molar-refractivity contribution is 7.13. The van der Waals surface area contributed by atoms with Crippen molar-refractivity contribution in [1.29, 1.82) is 0 Å². The molecule has 0 radical (unpaired) electrons. The van der Waals surface area contributed by atoms with E-state index < -0.39 is 0 Å². The molecule has 1 amide bonds. The maximum absolute atomic E-state index is 11.7. The Labute approximate surface area is 120 Å². The van der Waals surface area contributed by atoms with Gasteiger partial charge in [-0.1, -0.05) is 30.8 Å². The number of rotatable bonds is 3. The second-order valence-corrected chi connectivity index (χ2v) is 5.18. The number of para-hydroxylation sites is 1. The van der Waals surface area contributed by atoms with Crippen molar-refractivity contribution in [3.8, 4) is 10.4 Å². The average Bonchev–Trinajstić information content (AvgIpc) is 3.01. The molecule has 1 aromatic carbocycles. The van der Waals surface area contributed by atoms with Gasteiger partial charge in [0.25, 0.3) is 0 Å². The molecule has 0 fully saturated rings. The predicted octanol–water partition coefficient (Wildman–Crippen LogP) is 4.09. The molecule has 0 aliphatic heterocycles. The van der Waals surface area contributed by atoms with Gasteiger partial charge in [0.15, 0.2) is 0 Å². The maximum atomic E-state index is 11.7. The van der Waals surface area contributed by atoms with Crippen LogP contribution in [0.5, 0.6) is 0 Å².